The Hall–Kier alpha value is -2.98. The Morgan fingerprint density at radius 3 is 2.41 bits per heavy atom. The molecule has 1 saturated carbocycles. The van der Waals surface area contributed by atoms with E-state index in [-0.39, 0.29) is 0 Å². The van der Waals surface area contributed by atoms with Gasteiger partial charge in [-0.25, -0.2) is 0 Å². The van der Waals surface area contributed by atoms with E-state index >= 15 is 0 Å². The molecule has 7 rings (SSSR count). The molecule has 4 heteroatoms. The van der Waals surface area contributed by atoms with Crippen molar-refractivity contribution in [1.82, 2.24) is 4.90 Å². The highest BCUT2D eigenvalue weighted by molar-refractivity contribution is 5.60. The minimum absolute atomic E-state index is 0.374. The second kappa shape index (κ2) is 11.6. The van der Waals surface area contributed by atoms with Crippen molar-refractivity contribution < 1.29 is 9.84 Å². The first kappa shape index (κ1) is 26.3. The summed E-state index contributed by atoms with van der Waals surface area (Å²) in [4.78, 5) is 5.27. The molecule has 39 heavy (non-hydrogen) atoms. The van der Waals surface area contributed by atoms with Crippen LogP contribution in [0.1, 0.15) is 72.8 Å². The van der Waals surface area contributed by atoms with Gasteiger partial charge in [0, 0.05) is 44.0 Å². The molecule has 3 fully saturated rings. The lowest BCUT2D eigenvalue weighted by molar-refractivity contribution is 0.0501. The maximum absolute atomic E-state index is 9.92. The van der Waals surface area contributed by atoms with E-state index in [4.69, 9.17) is 4.74 Å². The van der Waals surface area contributed by atoms with E-state index in [9.17, 15) is 5.11 Å². The molecule has 1 atom stereocenters. The molecule has 0 radical (unpaired) electrons. The number of rotatable bonds is 9. The van der Waals surface area contributed by atoms with E-state index in [0.29, 0.717) is 11.7 Å². The summed E-state index contributed by atoms with van der Waals surface area (Å²) in [6.07, 6.45) is 10.0. The monoisotopic (exact) mass is 524 g/mol. The number of anilines is 1. The molecular formula is C35H44N2O2. The summed E-state index contributed by atoms with van der Waals surface area (Å²) in [5.41, 5.74) is 8.16. The second-order valence-corrected chi connectivity index (χ2v) is 12.1. The Morgan fingerprint density at radius 2 is 1.69 bits per heavy atom. The summed E-state index contributed by atoms with van der Waals surface area (Å²) in [7, 11) is 1.76. The lowest BCUT2D eigenvalue weighted by Crippen LogP contribution is -2.48. The molecule has 0 unspecified atom stereocenters. The zero-order valence-electron chi connectivity index (χ0n) is 23.7. The second-order valence-electron chi connectivity index (χ2n) is 12.1. The van der Waals surface area contributed by atoms with Crippen molar-refractivity contribution in [3.63, 3.8) is 0 Å². The highest BCUT2D eigenvalue weighted by atomic mass is 16.5. The fraction of sp³-hybridized carbons (Fsp3) is 0.486. The fourth-order valence-corrected chi connectivity index (χ4v) is 7.40. The van der Waals surface area contributed by atoms with Gasteiger partial charge in [-0.3, -0.25) is 4.90 Å². The first-order chi connectivity index (χ1) is 19.1. The van der Waals surface area contributed by atoms with Crippen molar-refractivity contribution in [2.75, 3.05) is 31.6 Å². The molecule has 0 aromatic heterocycles. The third-order valence-electron chi connectivity index (χ3n) is 9.73. The molecular weight excluding hydrogens is 480 g/mol. The predicted octanol–water partition coefficient (Wildman–Crippen LogP) is 7.12. The van der Waals surface area contributed by atoms with Crippen molar-refractivity contribution in [2.24, 2.45) is 5.92 Å². The summed E-state index contributed by atoms with van der Waals surface area (Å²) in [5.74, 6) is 2.70. The maximum atomic E-state index is 9.92. The number of piperidine rings is 2. The van der Waals surface area contributed by atoms with Gasteiger partial charge in [0.05, 0.1) is 7.11 Å². The molecule has 206 valence electrons. The number of nitrogens with zero attached hydrogens (tertiary/aromatic N) is 2. The average Bonchev–Trinajstić information content (AvgIpc) is 2.99. The zero-order valence-corrected chi connectivity index (χ0v) is 23.7. The Bertz CT molecular complexity index is 1260. The Kier molecular flexibility index (Phi) is 7.83. The molecule has 2 bridgehead atoms. The SMILES string of the molecule is CCN(Cc1ccc(CCN2CC3CCC2CC3)cc1)c1cc(OC)ccc1[C@@H]1CCc2cc(O)ccc2C1. The van der Waals surface area contributed by atoms with E-state index in [1.807, 2.05) is 12.1 Å². The number of phenolic OH excluding ortho intramolecular Hbond substituents is 1. The van der Waals surface area contributed by atoms with Crippen molar-refractivity contribution in [1.29, 1.82) is 0 Å². The first-order valence-corrected chi connectivity index (χ1v) is 15.1. The number of hydrogen-bond acceptors (Lipinski definition) is 4. The largest absolute Gasteiger partial charge is 0.508 e. The summed E-state index contributed by atoms with van der Waals surface area (Å²) < 4.78 is 5.66. The fourth-order valence-electron chi connectivity index (χ4n) is 7.40. The zero-order chi connectivity index (χ0) is 26.8. The maximum Gasteiger partial charge on any atom is 0.120 e. The van der Waals surface area contributed by atoms with Crippen LogP contribution in [0.3, 0.4) is 0 Å². The van der Waals surface area contributed by atoms with Gasteiger partial charge < -0.3 is 14.7 Å². The van der Waals surface area contributed by atoms with Crippen LogP contribution in [0, 0.1) is 5.92 Å². The number of hydrogen-bond donors (Lipinski definition) is 1. The van der Waals surface area contributed by atoms with E-state index in [0.717, 1.165) is 56.5 Å². The Balaban J connectivity index is 1.15. The van der Waals surface area contributed by atoms with Crippen LogP contribution in [0.25, 0.3) is 0 Å². The lowest BCUT2D eigenvalue weighted by atomic mass is 9.79. The third-order valence-corrected chi connectivity index (χ3v) is 9.73. The van der Waals surface area contributed by atoms with Gasteiger partial charge in [0.2, 0.25) is 0 Å². The van der Waals surface area contributed by atoms with Crippen LogP contribution in [0.5, 0.6) is 11.5 Å². The van der Waals surface area contributed by atoms with Gasteiger partial charge in [-0.05, 0) is 116 Å². The molecule has 2 heterocycles. The average molecular weight is 525 g/mol. The van der Waals surface area contributed by atoms with Crippen LogP contribution in [0.2, 0.25) is 0 Å². The van der Waals surface area contributed by atoms with Crippen molar-refractivity contribution in [2.45, 2.75) is 76.8 Å². The number of aromatic hydroxyl groups is 1. The van der Waals surface area contributed by atoms with Crippen LogP contribution < -0.4 is 9.64 Å². The van der Waals surface area contributed by atoms with Gasteiger partial charge in [0.25, 0.3) is 0 Å². The van der Waals surface area contributed by atoms with Gasteiger partial charge in [-0.1, -0.05) is 36.4 Å². The highest BCUT2D eigenvalue weighted by Gasteiger charge is 2.33. The highest BCUT2D eigenvalue weighted by Crippen LogP contribution is 2.40. The van der Waals surface area contributed by atoms with Gasteiger partial charge in [-0.2, -0.15) is 0 Å². The van der Waals surface area contributed by atoms with Crippen molar-refractivity contribution in [3.05, 3.63) is 88.5 Å². The number of aryl methyl sites for hydroxylation is 1. The topological polar surface area (TPSA) is 35.9 Å². The standard InChI is InChI=1S/C35H44N2O2/c1-3-36(23-26-6-4-25(5-7-26)18-19-37-24-27-8-13-31(37)14-9-27)35-22-33(39-2)16-17-34(35)30-11-10-29-21-32(38)15-12-28(29)20-30/h4-7,12,15-17,21-22,27,30-31,38H,3,8-11,13-14,18-20,23-24H2,1-2H3/t27?,30-,31?/m1/s1. The van der Waals surface area contributed by atoms with Crippen LogP contribution in [-0.2, 0) is 25.8 Å². The van der Waals surface area contributed by atoms with E-state index in [1.54, 1.807) is 7.11 Å². The molecule has 2 aliphatic heterocycles. The number of benzene rings is 3. The molecule has 4 aliphatic rings. The summed E-state index contributed by atoms with van der Waals surface area (Å²) >= 11 is 0. The minimum atomic E-state index is 0.374. The van der Waals surface area contributed by atoms with E-state index in [2.05, 4.69) is 65.3 Å². The van der Waals surface area contributed by atoms with Crippen molar-refractivity contribution in [3.8, 4) is 11.5 Å². The quantitative estimate of drug-likeness (QED) is 0.323. The molecule has 3 aromatic carbocycles. The molecule has 0 spiro atoms. The first-order valence-electron chi connectivity index (χ1n) is 15.1. The normalized spacial score (nSPS) is 22.5. The number of methoxy groups -OCH3 is 1. The molecule has 1 N–H and O–H groups in total. The smallest absolute Gasteiger partial charge is 0.120 e. The summed E-state index contributed by atoms with van der Waals surface area (Å²) in [5, 5.41) is 9.92. The number of ether oxygens (including phenoxy) is 1. The Labute approximate surface area is 234 Å². The number of fused-ring (bicyclic) bond motifs is 4. The third kappa shape index (κ3) is 5.82. The van der Waals surface area contributed by atoms with Crippen LogP contribution in [-0.4, -0.2) is 42.8 Å². The van der Waals surface area contributed by atoms with Gasteiger partial charge >= 0.3 is 0 Å². The predicted molar refractivity (Wildman–Crippen MR) is 160 cm³/mol. The van der Waals surface area contributed by atoms with E-state index < -0.39 is 0 Å². The summed E-state index contributed by atoms with van der Waals surface area (Å²) in [6.45, 7) is 6.62. The molecule has 2 saturated heterocycles. The Morgan fingerprint density at radius 1 is 0.897 bits per heavy atom. The van der Waals surface area contributed by atoms with Gasteiger partial charge in [0.1, 0.15) is 11.5 Å². The molecule has 0 amide bonds. The van der Waals surface area contributed by atoms with Crippen molar-refractivity contribution >= 4 is 5.69 Å². The molecule has 4 nitrogen and oxygen atoms in total. The summed E-state index contributed by atoms with van der Waals surface area (Å²) in [6, 6.07) is 22.7. The van der Waals surface area contributed by atoms with E-state index in [1.165, 1.54) is 72.3 Å². The van der Waals surface area contributed by atoms with Gasteiger partial charge in [0.15, 0.2) is 0 Å². The van der Waals surface area contributed by atoms with Crippen LogP contribution in [0.4, 0.5) is 5.69 Å². The molecule has 2 aliphatic carbocycles. The molecule has 3 aromatic rings. The van der Waals surface area contributed by atoms with Gasteiger partial charge in [-0.15, -0.1) is 0 Å². The van der Waals surface area contributed by atoms with Crippen LogP contribution in [0.15, 0.2) is 60.7 Å². The van der Waals surface area contributed by atoms with Crippen LogP contribution >= 0.6 is 0 Å². The number of phenols is 1. The lowest BCUT2D eigenvalue weighted by Gasteiger charge is -2.45. The minimum Gasteiger partial charge on any atom is -0.508 e.